The highest BCUT2D eigenvalue weighted by Gasteiger charge is 2.50. The van der Waals surface area contributed by atoms with Crippen molar-refractivity contribution in [1.82, 2.24) is 4.31 Å². The summed E-state index contributed by atoms with van der Waals surface area (Å²) < 4.78 is 39.8. The number of rotatable bonds is 9. The van der Waals surface area contributed by atoms with E-state index in [1.54, 1.807) is 24.3 Å². The summed E-state index contributed by atoms with van der Waals surface area (Å²) in [5.41, 5.74) is 1.99. The van der Waals surface area contributed by atoms with Gasteiger partial charge in [0.2, 0.25) is 10.0 Å². The van der Waals surface area contributed by atoms with Crippen molar-refractivity contribution < 1.29 is 22.7 Å². The maximum Gasteiger partial charge on any atom is 0.245 e. The summed E-state index contributed by atoms with van der Waals surface area (Å²) in [6, 6.07) is 15.6. The number of Topliss-reactive ketones (excluding diaryl/α,β-unsaturated/α-hetero) is 1. The third-order valence-corrected chi connectivity index (χ3v) is 7.21. The number of ketones is 1. The molecule has 0 radical (unpaired) electrons. The molecule has 2 aromatic rings. The van der Waals surface area contributed by atoms with Crippen molar-refractivity contribution in [2.75, 3.05) is 13.2 Å². The molecule has 3 rings (SSSR count). The van der Waals surface area contributed by atoms with Crippen LogP contribution in [0.1, 0.15) is 31.4 Å². The summed E-state index contributed by atoms with van der Waals surface area (Å²) in [6.45, 7) is 6.19. The topological polar surface area (TPSA) is 72.9 Å². The van der Waals surface area contributed by atoms with E-state index in [9.17, 15) is 13.2 Å². The summed E-state index contributed by atoms with van der Waals surface area (Å²) in [4.78, 5) is 12.7. The van der Waals surface area contributed by atoms with Crippen LogP contribution in [0.5, 0.6) is 0 Å². The first kappa shape index (κ1) is 22.6. The summed E-state index contributed by atoms with van der Waals surface area (Å²) in [5.74, 6) is -0.482. The Morgan fingerprint density at radius 1 is 1.10 bits per heavy atom. The molecule has 2 aromatic carbocycles. The van der Waals surface area contributed by atoms with Crippen LogP contribution in [0.15, 0.2) is 59.5 Å². The molecule has 0 bridgehead atoms. The predicted molar refractivity (Wildman–Crippen MR) is 114 cm³/mol. The van der Waals surface area contributed by atoms with Crippen LogP contribution < -0.4 is 0 Å². The van der Waals surface area contributed by atoms with E-state index in [0.29, 0.717) is 19.6 Å². The Bertz CT molecular complexity index is 943. The smallest absolute Gasteiger partial charge is 0.245 e. The SMILES string of the molecule is CCO[C@H]1C[C@H](COCc2ccccc2)[C@@H](C(C)=O)N1S(=O)(=O)c1ccc(C)cc1. The average molecular weight is 432 g/mol. The Hall–Kier alpha value is -2.06. The first-order chi connectivity index (χ1) is 14.3. The van der Waals surface area contributed by atoms with E-state index < -0.39 is 22.3 Å². The lowest BCUT2D eigenvalue weighted by atomic mass is 9.99. The standard InChI is InChI=1S/C23H29NO5S/c1-4-29-22-14-20(16-28-15-19-8-6-5-7-9-19)23(18(3)25)24(22)30(26,27)21-12-10-17(2)11-13-21/h5-13,20,22-23H,4,14-16H2,1-3H3/t20-,22+,23-/m1/s1. The van der Waals surface area contributed by atoms with Crippen molar-refractivity contribution in [3.8, 4) is 0 Å². The van der Waals surface area contributed by atoms with E-state index >= 15 is 0 Å². The van der Waals surface area contributed by atoms with Gasteiger partial charge in [0.15, 0.2) is 0 Å². The second-order valence-corrected chi connectivity index (χ2v) is 9.45. The first-order valence-electron chi connectivity index (χ1n) is 10.2. The van der Waals surface area contributed by atoms with Crippen LogP contribution in [-0.2, 0) is 30.9 Å². The Labute approximate surface area is 178 Å². The van der Waals surface area contributed by atoms with Crippen molar-refractivity contribution in [2.24, 2.45) is 5.92 Å². The molecule has 1 fully saturated rings. The molecule has 0 spiro atoms. The molecule has 0 aliphatic carbocycles. The number of hydrogen-bond donors (Lipinski definition) is 0. The molecule has 0 saturated carbocycles. The normalized spacial score (nSPS) is 22.3. The van der Waals surface area contributed by atoms with Gasteiger partial charge in [-0.3, -0.25) is 4.79 Å². The number of aryl methyl sites for hydroxylation is 1. The van der Waals surface area contributed by atoms with E-state index in [4.69, 9.17) is 9.47 Å². The number of nitrogens with zero attached hydrogens (tertiary/aromatic N) is 1. The fraction of sp³-hybridized carbons (Fsp3) is 0.435. The summed E-state index contributed by atoms with van der Waals surface area (Å²) in [6.07, 6.45) is -0.279. The highest BCUT2D eigenvalue weighted by atomic mass is 32.2. The van der Waals surface area contributed by atoms with Crippen LogP contribution in [0.2, 0.25) is 0 Å². The molecule has 6 nitrogen and oxygen atoms in total. The van der Waals surface area contributed by atoms with Crippen LogP contribution in [0, 0.1) is 12.8 Å². The Kier molecular flexibility index (Phi) is 7.41. The van der Waals surface area contributed by atoms with Crippen molar-refractivity contribution in [1.29, 1.82) is 0 Å². The van der Waals surface area contributed by atoms with Crippen molar-refractivity contribution in [2.45, 2.75) is 51.0 Å². The van der Waals surface area contributed by atoms with Gasteiger partial charge in [0.25, 0.3) is 0 Å². The van der Waals surface area contributed by atoms with E-state index in [2.05, 4.69) is 0 Å². The Morgan fingerprint density at radius 3 is 2.37 bits per heavy atom. The van der Waals surface area contributed by atoms with Crippen LogP contribution in [0.3, 0.4) is 0 Å². The van der Waals surface area contributed by atoms with Gasteiger partial charge in [0.1, 0.15) is 12.0 Å². The molecule has 0 unspecified atom stereocenters. The zero-order valence-electron chi connectivity index (χ0n) is 17.7. The molecule has 3 atom stereocenters. The third kappa shape index (κ3) is 4.98. The number of ether oxygens (including phenoxy) is 2. The first-order valence-corrected chi connectivity index (χ1v) is 11.6. The quantitative estimate of drug-likeness (QED) is 0.607. The molecule has 7 heteroatoms. The minimum absolute atomic E-state index is 0.162. The molecule has 1 heterocycles. The summed E-state index contributed by atoms with van der Waals surface area (Å²) in [5, 5.41) is 0. The Balaban J connectivity index is 1.84. The van der Waals surface area contributed by atoms with Gasteiger partial charge in [0, 0.05) is 12.5 Å². The molecule has 0 N–H and O–H groups in total. The van der Waals surface area contributed by atoms with Gasteiger partial charge in [0.05, 0.1) is 24.2 Å². The van der Waals surface area contributed by atoms with Gasteiger partial charge in [-0.15, -0.1) is 0 Å². The lowest BCUT2D eigenvalue weighted by Crippen LogP contribution is -2.47. The molecule has 1 aliphatic rings. The maximum absolute atomic E-state index is 13.4. The monoisotopic (exact) mass is 431 g/mol. The van der Waals surface area contributed by atoms with Crippen molar-refractivity contribution in [3.63, 3.8) is 0 Å². The lowest BCUT2D eigenvalue weighted by molar-refractivity contribution is -0.123. The molecule has 1 aliphatic heterocycles. The van der Waals surface area contributed by atoms with Gasteiger partial charge >= 0.3 is 0 Å². The largest absolute Gasteiger partial charge is 0.376 e. The van der Waals surface area contributed by atoms with Gasteiger partial charge in [-0.25, -0.2) is 8.42 Å². The van der Waals surface area contributed by atoms with Crippen LogP contribution in [-0.4, -0.2) is 44.0 Å². The number of carbonyl (C=O) groups excluding carboxylic acids is 1. The predicted octanol–water partition coefficient (Wildman–Crippen LogP) is 3.54. The van der Waals surface area contributed by atoms with E-state index in [-0.39, 0.29) is 23.2 Å². The third-order valence-electron chi connectivity index (χ3n) is 5.32. The lowest BCUT2D eigenvalue weighted by Gasteiger charge is -2.29. The van der Waals surface area contributed by atoms with Crippen molar-refractivity contribution in [3.05, 3.63) is 65.7 Å². The minimum Gasteiger partial charge on any atom is -0.376 e. The number of hydrogen-bond acceptors (Lipinski definition) is 5. The van der Waals surface area contributed by atoms with Gasteiger partial charge in [-0.2, -0.15) is 4.31 Å². The number of sulfonamides is 1. The zero-order valence-corrected chi connectivity index (χ0v) is 18.5. The van der Waals surface area contributed by atoms with Crippen LogP contribution in [0.4, 0.5) is 0 Å². The second-order valence-electron chi connectivity index (χ2n) is 7.61. The molecule has 0 amide bonds. The van der Waals surface area contributed by atoms with Crippen LogP contribution >= 0.6 is 0 Å². The zero-order chi connectivity index (χ0) is 21.7. The van der Waals surface area contributed by atoms with Gasteiger partial charge in [-0.05, 0) is 44.9 Å². The second kappa shape index (κ2) is 9.83. The molecule has 30 heavy (non-hydrogen) atoms. The fourth-order valence-corrected chi connectivity index (χ4v) is 5.72. The molecular weight excluding hydrogens is 402 g/mol. The van der Waals surface area contributed by atoms with Crippen molar-refractivity contribution >= 4 is 15.8 Å². The van der Waals surface area contributed by atoms with Gasteiger partial charge in [-0.1, -0.05) is 48.0 Å². The minimum atomic E-state index is -3.90. The average Bonchev–Trinajstić information content (AvgIpc) is 3.09. The summed E-state index contributed by atoms with van der Waals surface area (Å²) in [7, 11) is -3.90. The maximum atomic E-state index is 13.4. The van der Waals surface area contributed by atoms with E-state index in [0.717, 1.165) is 11.1 Å². The van der Waals surface area contributed by atoms with Gasteiger partial charge < -0.3 is 9.47 Å². The fourth-order valence-electron chi connectivity index (χ4n) is 3.92. The number of benzene rings is 2. The molecule has 162 valence electrons. The van der Waals surface area contributed by atoms with Crippen LogP contribution in [0.25, 0.3) is 0 Å². The summed E-state index contributed by atoms with van der Waals surface area (Å²) >= 11 is 0. The van der Waals surface area contributed by atoms with E-state index in [1.807, 2.05) is 44.2 Å². The highest BCUT2D eigenvalue weighted by molar-refractivity contribution is 7.89. The Morgan fingerprint density at radius 2 is 1.77 bits per heavy atom. The highest BCUT2D eigenvalue weighted by Crippen LogP contribution is 2.36. The molecule has 0 aromatic heterocycles. The number of carbonyl (C=O) groups is 1. The van der Waals surface area contributed by atoms with E-state index in [1.165, 1.54) is 11.2 Å². The molecule has 1 saturated heterocycles. The molecular formula is C23H29NO5S.